The van der Waals surface area contributed by atoms with Crippen molar-refractivity contribution in [2.24, 2.45) is 0 Å². The predicted molar refractivity (Wildman–Crippen MR) is 101 cm³/mol. The Balaban J connectivity index is 1.64. The Labute approximate surface area is 158 Å². The first-order valence-electron chi connectivity index (χ1n) is 7.59. The third-order valence-electron chi connectivity index (χ3n) is 3.23. The van der Waals surface area contributed by atoms with Crippen molar-refractivity contribution in [3.05, 3.63) is 36.7 Å². The van der Waals surface area contributed by atoms with E-state index in [-0.39, 0.29) is 0 Å². The van der Waals surface area contributed by atoms with Gasteiger partial charge in [-0.3, -0.25) is 0 Å². The molecule has 0 saturated heterocycles. The van der Waals surface area contributed by atoms with Crippen LogP contribution in [-0.4, -0.2) is 41.1 Å². The number of aromatic nitrogens is 4. The molecule has 0 amide bonds. The van der Waals surface area contributed by atoms with Gasteiger partial charge in [0, 0.05) is 12.1 Å². The van der Waals surface area contributed by atoms with E-state index in [2.05, 4.69) is 32.2 Å². The van der Waals surface area contributed by atoms with Crippen molar-refractivity contribution in [3.63, 3.8) is 0 Å². The molecule has 1 N–H and O–H groups in total. The van der Waals surface area contributed by atoms with E-state index in [0.29, 0.717) is 35.5 Å². The predicted octanol–water partition coefficient (Wildman–Crippen LogP) is 3.50. The van der Waals surface area contributed by atoms with Crippen molar-refractivity contribution in [2.45, 2.75) is 10.1 Å². The van der Waals surface area contributed by atoms with E-state index in [0.717, 1.165) is 15.0 Å². The zero-order chi connectivity index (χ0) is 18.4. The van der Waals surface area contributed by atoms with Gasteiger partial charge in [-0.1, -0.05) is 34.3 Å². The van der Waals surface area contributed by atoms with Crippen LogP contribution in [0.4, 0.5) is 5.13 Å². The van der Waals surface area contributed by atoms with Gasteiger partial charge < -0.3 is 19.3 Å². The monoisotopic (exact) mass is 391 g/mol. The third-order valence-corrected chi connectivity index (χ3v) is 5.23. The second kappa shape index (κ2) is 8.68. The smallest absolute Gasteiger partial charge is 0.237 e. The molecule has 136 valence electrons. The number of nitrogens with one attached hydrogen (secondary N) is 1. The molecular formula is C16H17N5O3S2. The summed E-state index contributed by atoms with van der Waals surface area (Å²) < 4.78 is 16.7. The van der Waals surface area contributed by atoms with Gasteiger partial charge in [-0.25, -0.2) is 0 Å². The summed E-state index contributed by atoms with van der Waals surface area (Å²) in [7, 11) is 3.17. The summed E-state index contributed by atoms with van der Waals surface area (Å²) in [5.74, 6) is 2.77. The number of benzene rings is 1. The number of hydrogen-bond donors (Lipinski definition) is 1. The molecule has 0 atom stereocenters. The number of anilines is 1. The first kappa shape index (κ1) is 18.2. The number of nitrogens with zero attached hydrogens (tertiary/aromatic N) is 4. The van der Waals surface area contributed by atoms with Gasteiger partial charge in [0.1, 0.15) is 0 Å². The molecule has 0 fully saturated rings. The second-order valence-corrected chi connectivity index (χ2v) is 7.11. The van der Waals surface area contributed by atoms with Gasteiger partial charge in [0.15, 0.2) is 15.8 Å². The van der Waals surface area contributed by atoms with E-state index in [9.17, 15) is 0 Å². The van der Waals surface area contributed by atoms with Crippen molar-refractivity contribution in [3.8, 4) is 22.9 Å². The Bertz CT molecular complexity index is 880. The fourth-order valence-electron chi connectivity index (χ4n) is 2.03. The van der Waals surface area contributed by atoms with Crippen LogP contribution in [0.3, 0.4) is 0 Å². The molecule has 2 aromatic heterocycles. The molecule has 0 aliphatic heterocycles. The van der Waals surface area contributed by atoms with Crippen LogP contribution in [0.25, 0.3) is 11.4 Å². The zero-order valence-corrected chi connectivity index (χ0v) is 15.9. The van der Waals surface area contributed by atoms with Crippen LogP contribution in [0.5, 0.6) is 11.5 Å². The molecule has 1 aromatic carbocycles. The van der Waals surface area contributed by atoms with E-state index in [1.165, 1.54) is 23.1 Å². The molecule has 0 saturated carbocycles. The van der Waals surface area contributed by atoms with Gasteiger partial charge in [-0.15, -0.1) is 16.8 Å². The summed E-state index contributed by atoms with van der Waals surface area (Å²) in [6.07, 6.45) is 1.77. The largest absolute Gasteiger partial charge is 0.493 e. The van der Waals surface area contributed by atoms with E-state index >= 15 is 0 Å². The van der Waals surface area contributed by atoms with Crippen LogP contribution in [-0.2, 0) is 5.75 Å². The second-order valence-electron chi connectivity index (χ2n) is 4.91. The van der Waals surface area contributed by atoms with E-state index < -0.39 is 0 Å². The average Bonchev–Trinajstić information content (AvgIpc) is 3.33. The molecular weight excluding hydrogens is 374 g/mol. The van der Waals surface area contributed by atoms with Gasteiger partial charge in [0.05, 0.1) is 20.0 Å². The molecule has 26 heavy (non-hydrogen) atoms. The molecule has 3 rings (SSSR count). The van der Waals surface area contributed by atoms with Crippen molar-refractivity contribution >= 4 is 28.2 Å². The molecule has 10 heteroatoms. The highest BCUT2D eigenvalue weighted by Gasteiger charge is 2.13. The van der Waals surface area contributed by atoms with Crippen molar-refractivity contribution in [2.75, 3.05) is 26.1 Å². The van der Waals surface area contributed by atoms with Gasteiger partial charge in [-0.05, 0) is 18.2 Å². The van der Waals surface area contributed by atoms with Gasteiger partial charge in [0.25, 0.3) is 0 Å². The van der Waals surface area contributed by atoms with Crippen LogP contribution in [0.1, 0.15) is 5.89 Å². The van der Waals surface area contributed by atoms with Crippen LogP contribution in [0.15, 0.2) is 39.7 Å². The maximum atomic E-state index is 5.32. The van der Waals surface area contributed by atoms with Crippen LogP contribution in [0.2, 0.25) is 0 Å². The fourth-order valence-corrected chi connectivity index (χ4v) is 3.62. The summed E-state index contributed by atoms with van der Waals surface area (Å²) in [6, 6.07) is 5.46. The number of methoxy groups -OCH3 is 2. The lowest BCUT2D eigenvalue weighted by Crippen LogP contribution is -1.96. The highest BCUT2D eigenvalue weighted by molar-refractivity contribution is 8.00. The fraction of sp³-hybridized carbons (Fsp3) is 0.250. The molecule has 2 heterocycles. The van der Waals surface area contributed by atoms with Crippen LogP contribution in [0, 0.1) is 0 Å². The molecule has 0 unspecified atom stereocenters. The molecule has 8 nitrogen and oxygen atoms in total. The molecule has 0 bridgehead atoms. The molecule has 3 aromatic rings. The van der Waals surface area contributed by atoms with E-state index in [1.807, 2.05) is 12.1 Å². The molecule has 0 radical (unpaired) electrons. The maximum absolute atomic E-state index is 5.32. The van der Waals surface area contributed by atoms with Crippen LogP contribution < -0.4 is 14.8 Å². The van der Waals surface area contributed by atoms with Gasteiger partial charge in [0.2, 0.25) is 16.8 Å². The Hall–Kier alpha value is -2.59. The number of ether oxygens (including phenoxy) is 2. The van der Waals surface area contributed by atoms with E-state index in [4.69, 9.17) is 14.0 Å². The Kier molecular flexibility index (Phi) is 6.08. The lowest BCUT2D eigenvalue weighted by Gasteiger charge is -2.07. The summed E-state index contributed by atoms with van der Waals surface area (Å²) in [5.41, 5.74) is 0.787. The first-order chi connectivity index (χ1) is 12.7. The Morgan fingerprint density at radius 1 is 1.27 bits per heavy atom. The quantitative estimate of drug-likeness (QED) is 0.434. The summed E-state index contributed by atoms with van der Waals surface area (Å²) in [6.45, 7) is 4.30. The standard InChI is InChI=1S/C16H17N5O3S2/c1-4-7-17-15-19-20-16(26-15)25-9-13-18-14(21-24-13)10-5-6-11(22-2)12(8-10)23-3/h4-6,8H,1,7,9H2,2-3H3,(H,17,19). The van der Waals surface area contributed by atoms with Crippen molar-refractivity contribution in [1.29, 1.82) is 0 Å². The first-order valence-corrected chi connectivity index (χ1v) is 9.39. The number of rotatable bonds is 9. The highest BCUT2D eigenvalue weighted by Crippen LogP contribution is 2.32. The minimum absolute atomic E-state index is 0.493. The van der Waals surface area contributed by atoms with Crippen molar-refractivity contribution < 1.29 is 14.0 Å². The maximum Gasteiger partial charge on any atom is 0.237 e. The number of thioether (sulfide) groups is 1. The van der Waals surface area contributed by atoms with Gasteiger partial charge >= 0.3 is 0 Å². The normalized spacial score (nSPS) is 10.5. The van der Waals surface area contributed by atoms with E-state index in [1.54, 1.807) is 26.4 Å². The SMILES string of the molecule is C=CCNc1nnc(SCc2nc(-c3ccc(OC)c(OC)c3)no2)s1. The highest BCUT2D eigenvalue weighted by atomic mass is 32.2. The molecule has 0 aliphatic carbocycles. The van der Waals surface area contributed by atoms with Crippen LogP contribution >= 0.6 is 23.1 Å². The Morgan fingerprint density at radius 2 is 2.12 bits per heavy atom. The van der Waals surface area contributed by atoms with Gasteiger partial charge in [-0.2, -0.15) is 4.98 Å². The third kappa shape index (κ3) is 4.33. The summed E-state index contributed by atoms with van der Waals surface area (Å²) in [5, 5.41) is 16.0. The topological polar surface area (TPSA) is 95.2 Å². The Morgan fingerprint density at radius 3 is 2.88 bits per heavy atom. The zero-order valence-electron chi connectivity index (χ0n) is 14.3. The molecule has 0 spiro atoms. The minimum Gasteiger partial charge on any atom is -0.493 e. The summed E-state index contributed by atoms with van der Waals surface area (Å²) >= 11 is 2.95. The number of hydrogen-bond acceptors (Lipinski definition) is 10. The lowest BCUT2D eigenvalue weighted by molar-refractivity contribution is 0.355. The molecule has 0 aliphatic rings. The van der Waals surface area contributed by atoms with Crippen molar-refractivity contribution in [1.82, 2.24) is 20.3 Å². The summed E-state index contributed by atoms with van der Waals surface area (Å²) in [4.78, 5) is 4.42. The minimum atomic E-state index is 0.493. The average molecular weight is 391 g/mol. The lowest BCUT2D eigenvalue weighted by atomic mass is 10.2.